The summed E-state index contributed by atoms with van der Waals surface area (Å²) in [5, 5.41) is 2.58. The predicted molar refractivity (Wildman–Crippen MR) is 75.7 cm³/mol. The van der Waals surface area contributed by atoms with Crippen LogP contribution in [0.1, 0.15) is 71.6 Å². The largest absolute Gasteiger partial charge is 0.311 e. The van der Waals surface area contributed by atoms with Crippen LogP contribution in [-0.2, 0) is 0 Å². The molecule has 0 amide bonds. The van der Waals surface area contributed by atoms with Crippen molar-refractivity contribution in [3.05, 3.63) is 0 Å². The zero-order chi connectivity index (χ0) is 15.5. The molecule has 0 saturated heterocycles. The molecule has 0 spiro atoms. The Bertz CT molecular complexity index is 226. The smallest absolute Gasteiger partial charge is 0.266 e. The van der Waals surface area contributed by atoms with Crippen LogP contribution in [0.4, 0.5) is 17.6 Å². The number of alkyl halides is 4. The molecule has 122 valence electrons. The molecule has 0 aromatic rings. The third kappa shape index (κ3) is 14.1. The summed E-state index contributed by atoms with van der Waals surface area (Å²) in [6.07, 6.45) is 7.78. The summed E-state index contributed by atoms with van der Waals surface area (Å²) in [4.78, 5) is 0. The van der Waals surface area contributed by atoms with E-state index in [1.54, 1.807) is 0 Å². The lowest BCUT2D eigenvalue weighted by molar-refractivity contribution is -0.0984. The molecule has 20 heavy (non-hydrogen) atoms. The Morgan fingerprint density at radius 3 is 1.80 bits per heavy atom. The molecule has 1 N–H and O–H groups in total. The molecule has 1 nitrogen and oxygen atoms in total. The van der Waals surface area contributed by atoms with E-state index >= 15 is 0 Å². The van der Waals surface area contributed by atoms with Crippen molar-refractivity contribution < 1.29 is 17.6 Å². The second-order valence-corrected chi connectivity index (χ2v) is 5.75. The number of rotatable bonds is 13. The first kappa shape index (κ1) is 19.7. The average molecular weight is 299 g/mol. The van der Waals surface area contributed by atoms with E-state index in [1.807, 2.05) is 0 Å². The highest BCUT2D eigenvalue weighted by Crippen LogP contribution is 2.29. The monoisotopic (exact) mass is 299 g/mol. The van der Waals surface area contributed by atoms with E-state index in [9.17, 15) is 17.6 Å². The minimum absolute atomic E-state index is 0.472. The molecular formula is C15H29F4N. The fraction of sp³-hybridized carbons (Fsp3) is 1.00. The van der Waals surface area contributed by atoms with Crippen LogP contribution in [0.2, 0.25) is 0 Å². The number of unbranched alkanes of at least 4 members (excludes halogenated alkanes) is 7. The summed E-state index contributed by atoms with van der Waals surface area (Å²) < 4.78 is 51.3. The van der Waals surface area contributed by atoms with Gasteiger partial charge in [0.25, 0.3) is 11.8 Å². The lowest BCUT2D eigenvalue weighted by Gasteiger charge is -2.20. The SMILES string of the molecule is CCCCCCCCCCNCC(F)(F)CC(C)(F)F. The van der Waals surface area contributed by atoms with Gasteiger partial charge < -0.3 is 5.32 Å². The van der Waals surface area contributed by atoms with Crippen molar-refractivity contribution in [2.75, 3.05) is 13.1 Å². The van der Waals surface area contributed by atoms with E-state index in [4.69, 9.17) is 0 Å². The summed E-state index contributed by atoms with van der Waals surface area (Å²) in [5.74, 6) is -6.65. The van der Waals surface area contributed by atoms with E-state index in [0.29, 0.717) is 13.5 Å². The molecule has 0 heterocycles. The molecule has 0 aliphatic carbocycles. The molecule has 0 radical (unpaired) electrons. The first-order valence-corrected chi connectivity index (χ1v) is 7.73. The first-order valence-electron chi connectivity index (χ1n) is 7.73. The molecule has 0 atom stereocenters. The Morgan fingerprint density at radius 2 is 1.30 bits per heavy atom. The van der Waals surface area contributed by atoms with E-state index < -0.39 is 24.8 Å². The van der Waals surface area contributed by atoms with Crippen LogP contribution in [-0.4, -0.2) is 24.9 Å². The number of hydrogen-bond acceptors (Lipinski definition) is 1. The van der Waals surface area contributed by atoms with Crippen LogP contribution in [0, 0.1) is 0 Å². The van der Waals surface area contributed by atoms with Gasteiger partial charge in [-0.25, -0.2) is 17.6 Å². The fourth-order valence-corrected chi connectivity index (χ4v) is 2.17. The van der Waals surface area contributed by atoms with Gasteiger partial charge in [-0.3, -0.25) is 0 Å². The minimum Gasteiger partial charge on any atom is -0.311 e. The standard InChI is InChI=1S/C15H29F4N/c1-3-4-5-6-7-8-9-10-11-20-13-15(18,19)12-14(2,16)17/h20H,3-13H2,1-2H3. The van der Waals surface area contributed by atoms with Gasteiger partial charge in [0, 0.05) is 0 Å². The van der Waals surface area contributed by atoms with Gasteiger partial charge in [0.1, 0.15) is 0 Å². The highest BCUT2D eigenvalue weighted by molar-refractivity contribution is 4.76. The molecule has 0 aromatic carbocycles. The average Bonchev–Trinajstić information content (AvgIpc) is 2.28. The van der Waals surface area contributed by atoms with Crippen molar-refractivity contribution in [2.24, 2.45) is 0 Å². The summed E-state index contributed by atoms with van der Waals surface area (Å²) >= 11 is 0. The highest BCUT2D eigenvalue weighted by Gasteiger charge is 2.39. The Hall–Kier alpha value is -0.320. The van der Waals surface area contributed by atoms with Crippen molar-refractivity contribution >= 4 is 0 Å². The zero-order valence-electron chi connectivity index (χ0n) is 12.8. The number of halogens is 4. The van der Waals surface area contributed by atoms with Gasteiger partial charge in [0.2, 0.25) is 0 Å². The van der Waals surface area contributed by atoms with Gasteiger partial charge in [0.15, 0.2) is 0 Å². The molecule has 0 unspecified atom stereocenters. The third-order valence-corrected chi connectivity index (χ3v) is 3.16. The van der Waals surface area contributed by atoms with Crippen LogP contribution in [0.5, 0.6) is 0 Å². The molecule has 0 bridgehead atoms. The van der Waals surface area contributed by atoms with E-state index in [0.717, 1.165) is 19.3 Å². The van der Waals surface area contributed by atoms with Crippen molar-refractivity contribution in [3.63, 3.8) is 0 Å². The Kier molecular flexibility index (Phi) is 10.2. The quantitative estimate of drug-likeness (QED) is 0.355. The summed E-state index contributed by atoms with van der Waals surface area (Å²) in [6.45, 7) is 2.52. The molecule has 0 aromatic heterocycles. The van der Waals surface area contributed by atoms with Gasteiger partial charge in [-0.05, 0) is 19.9 Å². The molecule has 0 aliphatic rings. The molecule has 0 fully saturated rings. The van der Waals surface area contributed by atoms with Gasteiger partial charge >= 0.3 is 0 Å². The molecule has 0 rings (SSSR count). The van der Waals surface area contributed by atoms with Gasteiger partial charge in [-0.2, -0.15) is 0 Å². The first-order chi connectivity index (χ1) is 9.27. The Morgan fingerprint density at radius 1 is 0.800 bits per heavy atom. The van der Waals surface area contributed by atoms with Crippen LogP contribution < -0.4 is 5.32 Å². The van der Waals surface area contributed by atoms with E-state index in [2.05, 4.69) is 12.2 Å². The summed E-state index contributed by atoms with van der Waals surface area (Å²) in [7, 11) is 0. The van der Waals surface area contributed by atoms with Crippen molar-refractivity contribution in [1.29, 1.82) is 0 Å². The van der Waals surface area contributed by atoms with Crippen molar-refractivity contribution in [1.82, 2.24) is 5.32 Å². The van der Waals surface area contributed by atoms with Crippen molar-refractivity contribution in [2.45, 2.75) is 83.5 Å². The Balaban J connectivity index is 3.39. The third-order valence-electron chi connectivity index (χ3n) is 3.16. The second-order valence-electron chi connectivity index (χ2n) is 5.75. The second kappa shape index (κ2) is 10.4. The Labute approximate surface area is 120 Å². The number of nitrogens with one attached hydrogen (secondary N) is 1. The lowest BCUT2D eigenvalue weighted by Crippen LogP contribution is -2.37. The maximum absolute atomic E-state index is 13.1. The minimum atomic E-state index is -3.33. The van der Waals surface area contributed by atoms with Crippen LogP contribution in [0.3, 0.4) is 0 Å². The highest BCUT2D eigenvalue weighted by atomic mass is 19.3. The van der Waals surface area contributed by atoms with E-state index in [-0.39, 0.29) is 0 Å². The molecule has 0 aliphatic heterocycles. The lowest BCUT2D eigenvalue weighted by atomic mass is 10.1. The van der Waals surface area contributed by atoms with Gasteiger partial charge in [0.05, 0.1) is 13.0 Å². The summed E-state index contributed by atoms with van der Waals surface area (Å²) in [5.41, 5.74) is 0. The van der Waals surface area contributed by atoms with Gasteiger partial charge in [-0.15, -0.1) is 0 Å². The van der Waals surface area contributed by atoms with Crippen molar-refractivity contribution in [3.8, 4) is 0 Å². The summed E-state index contributed by atoms with van der Waals surface area (Å²) in [6, 6.07) is 0. The van der Waals surface area contributed by atoms with E-state index in [1.165, 1.54) is 32.1 Å². The normalized spacial score (nSPS) is 12.9. The van der Waals surface area contributed by atoms with Crippen LogP contribution >= 0.6 is 0 Å². The molecule has 0 saturated carbocycles. The maximum atomic E-state index is 13.1. The van der Waals surface area contributed by atoms with Gasteiger partial charge in [-0.1, -0.05) is 51.9 Å². The topological polar surface area (TPSA) is 12.0 Å². The zero-order valence-corrected chi connectivity index (χ0v) is 12.8. The van der Waals surface area contributed by atoms with Crippen LogP contribution in [0.15, 0.2) is 0 Å². The molecule has 5 heteroatoms. The van der Waals surface area contributed by atoms with Crippen LogP contribution in [0.25, 0.3) is 0 Å². The fourth-order valence-electron chi connectivity index (χ4n) is 2.17. The maximum Gasteiger partial charge on any atom is 0.266 e. The number of hydrogen-bond donors (Lipinski definition) is 1. The molecular weight excluding hydrogens is 270 g/mol. The predicted octanol–water partition coefficient (Wildman–Crippen LogP) is 5.40.